The van der Waals surface area contributed by atoms with Crippen molar-refractivity contribution >= 4 is 10.0 Å². The van der Waals surface area contributed by atoms with Crippen LogP contribution in [0.25, 0.3) is 11.1 Å². The van der Waals surface area contributed by atoms with E-state index in [0.29, 0.717) is 18.4 Å². The molecule has 7 heteroatoms. The molecule has 1 N–H and O–H groups in total. The first-order chi connectivity index (χ1) is 21.5. The van der Waals surface area contributed by atoms with Gasteiger partial charge in [-0.3, -0.25) is 0 Å². The van der Waals surface area contributed by atoms with Crippen LogP contribution in [0.15, 0.2) is 95.9 Å². The lowest BCUT2D eigenvalue weighted by atomic mass is 9.86. The van der Waals surface area contributed by atoms with Crippen LogP contribution in [0.2, 0.25) is 0 Å². The first kappa shape index (κ1) is 35.4. The first-order valence-electron chi connectivity index (χ1n) is 16.0. The Morgan fingerprint density at radius 1 is 0.739 bits per heavy atom. The van der Waals surface area contributed by atoms with Crippen molar-refractivity contribution in [1.29, 1.82) is 0 Å². The largest absolute Gasteiger partial charge is 0.416 e. The minimum Gasteiger partial charge on any atom is -0.207 e. The summed E-state index contributed by atoms with van der Waals surface area (Å²) in [6.45, 7) is 14.1. The quantitative estimate of drug-likeness (QED) is 0.166. The molecule has 0 heterocycles. The van der Waals surface area contributed by atoms with Crippen LogP contribution in [0, 0.1) is 6.92 Å². The van der Waals surface area contributed by atoms with Crippen LogP contribution >= 0.6 is 0 Å². The smallest absolute Gasteiger partial charge is 0.207 e. The molecule has 2 unspecified atom stereocenters. The van der Waals surface area contributed by atoms with Crippen LogP contribution in [-0.2, 0) is 22.6 Å². The number of sulfonamides is 1. The van der Waals surface area contributed by atoms with Crippen molar-refractivity contribution in [1.82, 2.24) is 4.72 Å². The Kier molecular flexibility index (Phi) is 10.9. The Hall–Kier alpha value is -3.42. The van der Waals surface area contributed by atoms with Crippen LogP contribution in [0.5, 0.6) is 0 Å². The predicted octanol–water partition coefficient (Wildman–Crippen LogP) is 10.8. The van der Waals surface area contributed by atoms with Gasteiger partial charge in [-0.15, -0.1) is 0 Å². The van der Waals surface area contributed by atoms with Gasteiger partial charge in [0.25, 0.3) is 0 Å². The van der Waals surface area contributed by atoms with Crippen molar-refractivity contribution in [2.75, 3.05) is 0 Å². The highest BCUT2D eigenvalue weighted by molar-refractivity contribution is 7.89. The van der Waals surface area contributed by atoms with Gasteiger partial charge in [0, 0.05) is 5.54 Å². The maximum absolute atomic E-state index is 13.3. The molecule has 4 rings (SSSR count). The third kappa shape index (κ3) is 8.89. The van der Waals surface area contributed by atoms with Crippen LogP contribution < -0.4 is 4.72 Å². The zero-order chi connectivity index (χ0) is 33.9. The summed E-state index contributed by atoms with van der Waals surface area (Å²) in [6, 6.07) is 27.3. The van der Waals surface area contributed by atoms with E-state index in [0.717, 1.165) is 40.3 Å². The summed E-state index contributed by atoms with van der Waals surface area (Å²) in [5, 5.41) is 0. The zero-order valence-electron chi connectivity index (χ0n) is 27.9. The SMILES string of the molecule is Cc1c(CC(C)c2cccc(C(F)(F)F)c2)cccc1-c1cccc(C(C)CCC(C)(C)NS(=O)(=O)c2cccc(C(C)C)c2)c1. The van der Waals surface area contributed by atoms with E-state index in [1.165, 1.54) is 17.7 Å². The molecule has 0 bridgehead atoms. The average molecular weight is 650 g/mol. The van der Waals surface area contributed by atoms with Gasteiger partial charge >= 0.3 is 6.18 Å². The van der Waals surface area contributed by atoms with Crippen LogP contribution in [0.3, 0.4) is 0 Å². The molecule has 46 heavy (non-hydrogen) atoms. The Balaban J connectivity index is 1.46. The number of hydrogen-bond acceptors (Lipinski definition) is 2. The average Bonchev–Trinajstić information content (AvgIpc) is 3.00. The molecule has 246 valence electrons. The minimum absolute atomic E-state index is 0.0810. The van der Waals surface area contributed by atoms with Crippen LogP contribution in [-0.4, -0.2) is 14.0 Å². The number of rotatable bonds is 12. The summed E-state index contributed by atoms with van der Waals surface area (Å²) in [4.78, 5) is 0.286. The normalized spacial score (nSPS) is 14.0. The fraction of sp³-hybridized carbons (Fsp3) is 0.385. The van der Waals surface area contributed by atoms with Crippen molar-refractivity contribution in [2.45, 2.75) is 102 Å². The summed E-state index contributed by atoms with van der Waals surface area (Å²) in [6.07, 6.45) is -2.29. The zero-order valence-corrected chi connectivity index (χ0v) is 28.7. The number of nitrogens with one attached hydrogen (secondary N) is 1. The molecule has 4 aromatic rings. The monoisotopic (exact) mass is 649 g/mol. The van der Waals surface area contributed by atoms with E-state index in [-0.39, 0.29) is 22.6 Å². The number of halogens is 3. The number of benzene rings is 4. The summed E-state index contributed by atoms with van der Waals surface area (Å²) >= 11 is 0. The minimum atomic E-state index is -4.36. The fourth-order valence-corrected chi connectivity index (χ4v) is 7.45. The molecular weight excluding hydrogens is 603 g/mol. The third-order valence-electron chi connectivity index (χ3n) is 8.97. The molecule has 0 aliphatic carbocycles. The van der Waals surface area contributed by atoms with Crippen molar-refractivity contribution in [3.05, 3.63) is 124 Å². The van der Waals surface area contributed by atoms with Crippen molar-refractivity contribution < 1.29 is 21.6 Å². The van der Waals surface area contributed by atoms with E-state index >= 15 is 0 Å². The Morgan fingerprint density at radius 3 is 2.02 bits per heavy atom. The molecule has 0 aliphatic heterocycles. The molecule has 0 saturated carbocycles. The van der Waals surface area contributed by atoms with Gasteiger partial charge in [0.05, 0.1) is 10.5 Å². The molecule has 0 saturated heterocycles. The van der Waals surface area contributed by atoms with E-state index in [4.69, 9.17) is 0 Å². The predicted molar refractivity (Wildman–Crippen MR) is 183 cm³/mol. The molecule has 4 aromatic carbocycles. The van der Waals surface area contributed by atoms with Gasteiger partial charge in [-0.1, -0.05) is 100 Å². The van der Waals surface area contributed by atoms with E-state index in [2.05, 4.69) is 48.9 Å². The summed E-state index contributed by atoms with van der Waals surface area (Å²) in [7, 11) is -3.67. The van der Waals surface area contributed by atoms with Crippen LogP contribution in [0.1, 0.15) is 106 Å². The third-order valence-corrected chi connectivity index (χ3v) is 10.7. The molecular formula is C39H46F3NO2S. The molecule has 0 amide bonds. The van der Waals surface area contributed by atoms with Crippen molar-refractivity contribution in [3.8, 4) is 11.1 Å². The van der Waals surface area contributed by atoms with Gasteiger partial charge in [-0.2, -0.15) is 13.2 Å². The van der Waals surface area contributed by atoms with Gasteiger partial charge in [0.1, 0.15) is 0 Å². The first-order valence-corrected chi connectivity index (χ1v) is 17.4. The number of hydrogen-bond donors (Lipinski definition) is 1. The molecule has 0 aliphatic rings. The standard InChI is InChI=1S/C39H46F3NO2S/c1-26(2)30-12-10-18-36(25-30)46(44,45)43-38(6,7)21-20-27(3)31-13-8-16-34(23-31)37-19-11-15-33(29(37)5)22-28(4)32-14-9-17-35(24-32)39(40,41)42/h8-19,23-28,43H,20-22H2,1-7H3. The highest BCUT2D eigenvalue weighted by Crippen LogP contribution is 2.35. The lowest BCUT2D eigenvalue weighted by molar-refractivity contribution is -0.137. The summed E-state index contributed by atoms with van der Waals surface area (Å²) in [5.74, 6) is 0.346. The van der Waals surface area contributed by atoms with Crippen molar-refractivity contribution in [3.63, 3.8) is 0 Å². The lowest BCUT2D eigenvalue weighted by Crippen LogP contribution is -2.43. The molecule has 3 nitrogen and oxygen atoms in total. The summed E-state index contributed by atoms with van der Waals surface area (Å²) in [5.41, 5.74) is 5.97. The molecule has 0 spiro atoms. The van der Waals surface area contributed by atoms with E-state index in [9.17, 15) is 21.6 Å². The molecule has 0 radical (unpaired) electrons. The highest BCUT2D eigenvalue weighted by atomic mass is 32.2. The van der Waals surface area contributed by atoms with E-state index < -0.39 is 27.3 Å². The molecule has 0 fully saturated rings. The van der Waals surface area contributed by atoms with E-state index in [1.54, 1.807) is 24.3 Å². The van der Waals surface area contributed by atoms with Gasteiger partial charge in [-0.25, -0.2) is 13.1 Å². The van der Waals surface area contributed by atoms with Crippen molar-refractivity contribution in [2.24, 2.45) is 0 Å². The molecule has 0 aromatic heterocycles. The second-order valence-corrected chi connectivity index (χ2v) is 15.3. The highest BCUT2D eigenvalue weighted by Gasteiger charge is 2.31. The topological polar surface area (TPSA) is 46.2 Å². The maximum atomic E-state index is 13.3. The van der Waals surface area contributed by atoms with Gasteiger partial charge in [0.15, 0.2) is 0 Å². The number of alkyl halides is 3. The van der Waals surface area contributed by atoms with Gasteiger partial charge in [-0.05, 0) is 115 Å². The Labute approximate surface area is 273 Å². The van der Waals surface area contributed by atoms with Crippen LogP contribution in [0.4, 0.5) is 13.2 Å². The van der Waals surface area contributed by atoms with Gasteiger partial charge < -0.3 is 0 Å². The second kappa shape index (κ2) is 14.1. The lowest BCUT2D eigenvalue weighted by Gasteiger charge is -2.28. The Bertz CT molecular complexity index is 1760. The second-order valence-electron chi connectivity index (χ2n) is 13.6. The van der Waals surface area contributed by atoms with Gasteiger partial charge in [0.2, 0.25) is 10.0 Å². The maximum Gasteiger partial charge on any atom is 0.416 e. The fourth-order valence-electron chi connectivity index (χ4n) is 5.96. The molecule has 2 atom stereocenters. The van der Waals surface area contributed by atoms with E-state index in [1.807, 2.05) is 52.8 Å². The summed E-state index contributed by atoms with van der Waals surface area (Å²) < 4.78 is 69.3. The Morgan fingerprint density at radius 2 is 1.35 bits per heavy atom.